The standard InChI is InChI=1S/C13H14N2O3/c16-13(17)9-2-6-15(7-3-9)12-10-4-8-18-11(10)1-5-14-12/h1,4-5,8-9H,2-3,6-7H2,(H,16,17). The van der Waals surface area contributed by atoms with Crippen molar-refractivity contribution in [2.24, 2.45) is 5.92 Å². The number of hydrogen-bond acceptors (Lipinski definition) is 4. The molecule has 5 heteroatoms. The third kappa shape index (κ3) is 1.81. The Kier molecular flexibility index (Phi) is 2.66. The lowest BCUT2D eigenvalue weighted by Crippen LogP contribution is -2.36. The van der Waals surface area contributed by atoms with E-state index in [0.717, 1.165) is 29.9 Å². The molecule has 5 nitrogen and oxygen atoms in total. The number of aromatic nitrogens is 1. The number of pyridine rings is 1. The van der Waals surface area contributed by atoms with Crippen molar-refractivity contribution in [3.8, 4) is 0 Å². The Balaban J connectivity index is 1.84. The molecule has 0 amide bonds. The largest absolute Gasteiger partial charge is 0.481 e. The number of rotatable bonds is 2. The molecule has 3 heterocycles. The first kappa shape index (κ1) is 11.1. The normalized spacial score (nSPS) is 17.2. The fourth-order valence-electron chi connectivity index (χ4n) is 2.47. The summed E-state index contributed by atoms with van der Waals surface area (Å²) in [6, 6.07) is 3.74. The molecule has 0 atom stereocenters. The molecule has 1 fully saturated rings. The highest BCUT2D eigenvalue weighted by molar-refractivity contribution is 5.88. The third-order valence-electron chi connectivity index (χ3n) is 3.50. The van der Waals surface area contributed by atoms with E-state index in [1.165, 1.54) is 0 Å². The third-order valence-corrected chi connectivity index (χ3v) is 3.50. The number of piperidine rings is 1. The fraction of sp³-hybridized carbons (Fsp3) is 0.385. The summed E-state index contributed by atoms with van der Waals surface area (Å²) >= 11 is 0. The predicted molar refractivity (Wildman–Crippen MR) is 66.6 cm³/mol. The Hall–Kier alpha value is -2.04. The first-order chi connectivity index (χ1) is 8.75. The van der Waals surface area contributed by atoms with Crippen molar-refractivity contribution < 1.29 is 14.3 Å². The summed E-state index contributed by atoms with van der Waals surface area (Å²) in [7, 11) is 0. The Morgan fingerprint density at radius 2 is 2.17 bits per heavy atom. The van der Waals surface area contributed by atoms with E-state index in [1.54, 1.807) is 12.5 Å². The lowest BCUT2D eigenvalue weighted by atomic mass is 9.97. The average Bonchev–Trinajstić information content (AvgIpc) is 2.87. The number of hydrogen-bond donors (Lipinski definition) is 1. The maximum absolute atomic E-state index is 10.9. The summed E-state index contributed by atoms with van der Waals surface area (Å²) in [6.45, 7) is 1.46. The van der Waals surface area contributed by atoms with Crippen LogP contribution in [0, 0.1) is 5.92 Å². The van der Waals surface area contributed by atoms with Crippen molar-refractivity contribution in [1.29, 1.82) is 0 Å². The van der Waals surface area contributed by atoms with E-state index in [-0.39, 0.29) is 5.92 Å². The Bertz CT molecular complexity index is 570. The highest BCUT2D eigenvalue weighted by Crippen LogP contribution is 2.28. The number of anilines is 1. The van der Waals surface area contributed by atoms with Crippen molar-refractivity contribution in [3.05, 3.63) is 24.6 Å². The molecule has 2 aromatic rings. The molecule has 0 aromatic carbocycles. The number of carbonyl (C=O) groups is 1. The SMILES string of the molecule is O=C(O)C1CCN(c2nccc3occc23)CC1. The van der Waals surface area contributed by atoms with Crippen molar-refractivity contribution in [2.45, 2.75) is 12.8 Å². The molecule has 0 bridgehead atoms. The van der Waals surface area contributed by atoms with Crippen LogP contribution in [0.3, 0.4) is 0 Å². The van der Waals surface area contributed by atoms with Crippen LogP contribution >= 0.6 is 0 Å². The first-order valence-corrected chi connectivity index (χ1v) is 6.05. The van der Waals surface area contributed by atoms with Gasteiger partial charge >= 0.3 is 5.97 Å². The van der Waals surface area contributed by atoms with Crippen LogP contribution < -0.4 is 4.90 Å². The number of nitrogens with zero attached hydrogens (tertiary/aromatic N) is 2. The molecule has 2 aromatic heterocycles. The van der Waals surface area contributed by atoms with Crippen LogP contribution in [0.4, 0.5) is 5.82 Å². The fourth-order valence-corrected chi connectivity index (χ4v) is 2.47. The Morgan fingerprint density at radius 1 is 1.39 bits per heavy atom. The lowest BCUT2D eigenvalue weighted by Gasteiger charge is -2.31. The van der Waals surface area contributed by atoms with E-state index in [0.29, 0.717) is 12.8 Å². The van der Waals surface area contributed by atoms with Gasteiger partial charge in [0.15, 0.2) is 0 Å². The smallest absolute Gasteiger partial charge is 0.306 e. The second-order valence-electron chi connectivity index (χ2n) is 4.57. The molecule has 0 saturated carbocycles. The average molecular weight is 246 g/mol. The zero-order valence-corrected chi connectivity index (χ0v) is 9.87. The maximum Gasteiger partial charge on any atom is 0.306 e. The minimum Gasteiger partial charge on any atom is -0.481 e. The monoisotopic (exact) mass is 246 g/mol. The van der Waals surface area contributed by atoms with Gasteiger partial charge in [0.05, 0.1) is 17.6 Å². The number of fused-ring (bicyclic) bond motifs is 1. The van der Waals surface area contributed by atoms with Crippen molar-refractivity contribution in [1.82, 2.24) is 4.98 Å². The van der Waals surface area contributed by atoms with Crippen LogP contribution in [0.15, 0.2) is 29.0 Å². The van der Waals surface area contributed by atoms with E-state index in [2.05, 4.69) is 9.88 Å². The van der Waals surface area contributed by atoms with Crippen molar-refractivity contribution in [3.63, 3.8) is 0 Å². The van der Waals surface area contributed by atoms with E-state index in [9.17, 15) is 4.79 Å². The Morgan fingerprint density at radius 3 is 2.89 bits per heavy atom. The summed E-state index contributed by atoms with van der Waals surface area (Å²) in [6.07, 6.45) is 4.72. The minimum atomic E-state index is -0.691. The van der Waals surface area contributed by atoms with Gasteiger partial charge < -0.3 is 14.4 Å². The molecular weight excluding hydrogens is 232 g/mol. The maximum atomic E-state index is 10.9. The summed E-state index contributed by atoms with van der Waals surface area (Å²) in [5.41, 5.74) is 0.820. The van der Waals surface area contributed by atoms with Gasteiger partial charge in [0.25, 0.3) is 0 Å². The van der Waals surface area contributed by atoms with Crippen LogP contribution in [0.25, 0.3) is 11.0 Å². The highest BCUT2D eigenvalue weighted by atomic mass is 16.4. The Labute approximate surface area is 104 Å². The zero-order chi connectivity index (χ0) is 12.5. The summed E-state index contributed by atoms with van der Waals surface area (Å²) in [4.78, 5) is 17.4. The molecule has 1 saturated heterocycles. The molecule has 0 aliphatic carbocycles. The van der Waals surface area contributed by atoms with Crippen molar-refractivity contribution >= 4 is 22.8 Å². The molecular formula is C13H14N2O3. The van der Waals surface area contributed by atoms with Gasteiger partial charge in [-0.25, -0.2) is 4.98 Å². The molecule has 1 N–H and O–H groups in total. The second kappa shape index (κ2) is 4.33. The summed E-state index contributed by atoms with van der Waals surface area (Å²) in [5.74, 6) is -0.0148. The lowest BCUT2D eigenvalue weighted by molar-refractivity contribution is -0.142. The van der Waals surface area contributed by atoms with Gasteiger partial charge in [-0.2, -0.15) is 0 Å². The van der Waals surface area contributed by atoms with E-state index >= 15 is 0 Å². The van der Waals surface area contributed by atoms with Gasteiger partial charge in [-0.1, -0.05) is 0 Å². The van der Waals surface area contributed by atoms with E-state index < -0.39 is 5.97 Å². The topological polar surface area (TPSA) is 66.6 Å². The zero-order valence-electron chi connectivity index (χ0n) is 9.87. The van der Waals surface area contributed by atoms with Gasteiger partial charge in [0.1, 0.15) is 11.4 Å². The van der Waals surface area contributed by atoms with Crippen LogP contribution in [-0.2, 0) is 4.79 Å². The quantitative estimate of drug-likeness (QED) is 0.879. The van der Waals surface area contributed by atoms with Gasteiger partial charge in [0, 0.05) is 19.3 Å². The summed E-state index contributed by atoms with van der Waals surface area (Å²) < 4.78 is 5.35. The molecule has 18 heavy (non-hydrogen) atoms. The van der Waals surface area contributed by atoms with Crippen LogP contribution in [0.5, 0.6) is 0 Å². The van der Waals surface area contributed by atoms with Crippen LogP contribution in [0.2, 0.25) is 0 Å². The van der Waals surface area contributed by atoms with Gasteiger partial charge in [-0.3, -0.25) is 4.79 Å². The summed E-state index contributed by atoms with van der Waals surface area (Å²) in [5, 5.41) is 9.98. The van der Waals surface area contributed by atoms with Crippen molar-refractivity contribution in [2.75, 3.05) is 18.0 Å². The molecule has 0 unspecified atom stereocenters. The van der Waals surface area contributed by atoms with Crippen LogP contribution in [0.1, 0.15) is 12.8 Å². The number of furan rings is 1. The molecule has 0 radical (unpaired) electrons. The second-order valence-corrected chi connectivity index (χ2v) is 4.57. The van der Waals surface area contributed by atoms with E-state index in [4.69, 9.17) is 9.52 Å². The highest BCUT2D eigenvalue weighted by Gasteiger charge is 2.25. The molecule has 0 spiro atoms. The molecule has 1 aliphatic rings. The van der Waals surface area contributed by atoms with Crippen LogP contribution in [-0.4, -0.2) is 29.1 Å². The number of carboxylic acids is 1. The molecule has 3 rings (SSSR count). The molecule has 94 valence electrons. The van der Waals surface area contributed by atoms with Gasteiger partial charge in [-0.15, -0.1) is 0 Å². The number of aliphatic carboxylic acids is 1. The minimum absolute atomic E-state index is 0.218. The first-order valence-electron chi connectivity index (χ1n) is 6.05. The molecule has 1 aliphatic heterocycles. The predicted octanol–water partition coefficient (Wildman–Crippen LogP) is 2.13. The van der Waals surface area contributed by atoms with E-state index in [1.807, 2.05) is 12.1 Å². The van der Waals surface area contributed by atoms with Gasteiger partial charge in [-0.05, 0) is 25.0 Å². The number of carboxylic acid groups (broad SMARTS) is 1. The van der Waals surface area contributed by atoms with Gasteiger partial charge in [0.2, 0.25) is 0 Å².